The number of benzene rings is 4. The molecular formula is C31H24O. The normalized spacial score (nSPS) is 21.2. The summed E-state index contributed by atoms with van der Waals surface area (Å²) in [4.78, 5) is 0. The van der Waals surface area contributed by atoms with Crippen LogP contribution in [0.5, 0.6) is 5.75 Å². The molecule has 0 saturated heterocycles. The van der Waals surface area contributed by atoms with Gasteiger partial charge in [-0.15, -0.1) is 0 Å². The molecule has 154 valence electrons. The van der Waals surface area contributed by atoms with Crippen molar-refractivity contribution in [3.63, 3.8) is 0 Å². The molecule has 2 atom stereocenters. The number of hydrogen-bond donors (Lipinski definition) is 0. The average Bonchev–Trinajstić information content (AvgIpc) is 3.37. The van der Waals surface area contributed by atoms with Crippen molar-refractivity contribution < 1.29 is 4.74 Å². The molecule has 4 aromatic rings. The monoisotopic (exact) mass is 412 g/mol. The Morgan fingerprint density at radius 3 is 2.12 bits per heavy atom. The van der Waals surface area contributed by atoms with Crippen LogP contribution in [-0.4, -0.2) is 6.10 Å². The molecule has 0 fully saturated rings. The van der Waals surface area contributed by atoms with Crippen LogP contribution in [-0.2, 0) is 5.41 Å². The molecule has 1 aliphatic heterocycles. The molecule has 4 aromatic carbocycles. The second kappa shape index (κ2) is 6.71. The van der Waals surface area contributed by atoms with E-state index in [1.54, 1.807) is 0 Å². The first-order chi connectivity index (χ1) is 15.9. The predicted octanol–water partition coefficient (Wildman–Crippen LogP) is 7.24. The smallest absolute Gasteiger partial charge is 0.124 e. The zero-order valence-electron chi connectivity index (χ0n) is 17.9. The summed E-state index contributed by atoms with van der Waals surface area (Å²) >= 11 is 0. The summed E-state index contributed by atoms with van der Waals surface area (Å²) in [7, 11) is 0. The minimum absolute atomic E-state index is 0.274. The van der Waals surface area contributed by atoms with Crippen LogP contribution in [0, 0.1) is 0 Å². The molecule has 0 bridgehead atoms. The van der Waals surface area contributed by atoms with Crippen LogP contribution in [0.4, 0.5) is 0 Å². The molecule has 0 aromatic heterocycles. The quantitative estimate of drug-likeness (QED) is 0.278. The first kappa shape index (κ1) is 18.0. The van der Waals surface area contributed by atoms with Crippen LogP contribution in [0.25, 0.3) is 11.1 Å². The number of ether oxygens (including phenoxy) is 1. The van der Waals surface area contributed by atoms with Crippen LogP contribution in [0.2, 0.25) is 0 Å². The molecule has 0 N–H and O–H groups in total. The van der Waals surface area contributed by atoms with Gasteiger partial charge in [0.05, 0.1) is 5.41 Å². The largest absolute Gasteiger partial charge is 0.489 e. The summed E-state index contributed by atoms with van der Waals surface area (Å²) in [5.74, 6) is 1.44. The Balaban J connectivity index is 1.59. The van der Waals surface area contributed by atoms with Crippen molar-refractivity contribution in [2.24, 2.45) is 0 Å². The SMILES string of the molecule is C1=CC2c3cc4c(cc3OC2CC1)C(c1ccccc1)(c1ccccc1)c1ccccc1-4. The highest BCUT2D eigenvalue weighted by Crippen LogP contribution is 2.58. The molecule has 0 amide bonds. The van der Waals surface area contributed by atoms with E-state index in [2.05, 4.69) is 109 Å². The zero-order valence-corrected chi connectivity index (χ0v) is 17.9. The van der Waals surface area contributed by atoms with E-state index in [9.17, 15) is 0 Å². The van der Waals surface area contributed by atoms with Gasteiger partial charge < -0.3 is 4.74 Å². The number of rotatable bonds is 2. The topological polar surface area (TPSA) is 9.23 Å². The van der Waals surface area contributed by atoms with E-state index < -0.39 is 0 Å². The lowest BCUT2D eigenvalue weighted by Gasteiger charge is -2.34. The maximum Gasteiger partial charge on any atom is 0.124 e. The molecular weight excluding hydrogens is 388 g/mol. The van der Waals surface area contributed by atoms with Crippen LogP contribution >= 0.6 is 0 Å². The van der Waals surface area contributed by atoms with Gasteiger partial charge in [0.15, 0.2) is 0 Å². The Hall–Kier alpha value is -3.58. The minimum Gasteiger partial charge on any atom is -0.489 e. The lowest BCUT2D eigenvalue weighted by Crippen LogP contribution is -2.28. The number of fused-ring (bicyclic) bond motifs is 6. The van der Waals surface area contributed by atoms with E-state index in [0.717, 1.165) is 18.6 Å². The van der Waals surface area contributed by atoms with Gasteiger partial charge in [0.1, 0.15) is 11.9 Å². The van der Waals surface area contributed by atoms with E-state index in [0.29, 0.717) is 5.92 Å². The highest BCUT2D eigenvalue weighted by molar-refractivity contribution is 5.87. The van der Waals surface area contributed by atoms with Crippen LogP contribution < -0.4 is 4.74 Å². The molecule has 1 nitrogen and oxygen atoms in total. The van der Waals surface area contributed by atoms with E-state index in [1.807, 2.05) is 0 Å². The highest BCUT2D eigenvalue weighted by atomic mass is 16.5. The Kier molecular flexibility index (Phi) is 3.78. The molecule has 7 rings (SSSR count). The van der Waals surface area contributed by atoms with E-state index in [1.165, 1.54) is 38.9 Å². The number of allylic oxidation sites excluding steroid dienone is 1. The lowest BCUT2D eigenvalue weighted by molar-refractivity contribution is 0.204. The van der Waals surface area contributed by atoms with Gasteiger partial charge in [0, 0.05) is 11.5 Å². The van der Waals surface area contributed by atoms with Crippen molar-refractivity contribution in [1.82, 2.24) is 0 Å². The second-order valence-corrected chi connectivity index (χ2v) is 9.15. The zero-order chi connectivity index (χ0) is 21.1. The Bertz CT molecular complexity index is 1310. The third-order valence-electron chi connectivity index (χ3n) is 7.59. The fraction of sp³-hybridized carbons (Fsp3) is 0.161. The summed E-state index contributed by atoms with van der Waals surface area (Å²) in [5.41, 5.74) is 8.95. The molecule has 2 aliphatic carbocycles. The summed E-state index contributed by atoms with van der Waals surface area (Å²) in [5, 5.41) is 0. The summed E-state index contributed by atoms with van der Waals surface area (Å²) < 4.78 is 6.55. The predicted molar refractivity (Wildman–Crippen MR) is 129 cm³/mol. The van der Waals surface area contributed by atoms with Gasteiger partial charge in [-0.05, 0) is 58.4 Å². The van der Waals surface area contributed by atoms with Crippen molar-refractivity contribution in [2.75, 3.05) is 0 Å². The first-order valence-corrected chi connectivity index (χ1v) is 11.6. The van der Waals surface area contributed by atoms with Gasteiger partial charge in [0.25, 0.3) is 0 Å². The standard InChI is InChI=1S/C31H24O/c1-3-11-21(12-4-1)31(22-13-5-2-6-14-22)27-17-9-7-15-23(27)25-19-26-24-16-8-10-18-29(24)32-30(26)20-28(25)31/h1-9,11-17,19-20,24,29H,10,18H2. The molecule has 1 heterocycles. The molecule has 32 heavy (non-hydrogen) atoms. The van der Waals surface area contributed by atoms with Crippen molar-refractivity contribution in [1.29, 1.82) is 0 Å². The van der Waals surface area contributed by atoms with Gasteiger partial charge in [0.2, 0.25) is 0 Å². The van der Waals surface area contributed by atoms with Crippen molar-refractivity contribution >= 4 is 0 Å². The minimum atomic E-state index is -0.351. The van der Waals surface area contributed by atoms with E-state index >= 15 is 0 Å². The fourth-order valence-corrected chi connectivity index (χ4v) is 6.25. The second-order valence-electron chi connectivity index (χ2n) is 9.15. The Labute approximate surface area is 189 Å². The van der Waals surface area contributed by atoms with E-state index in [4.69, 9.17) is 4.74 Å². The Morgan fingerprint density at radius 1 is 0.688 bits per heavy atom. The fourth-order valence-electron chi connectivity index (χ4n) is 6.25. The third-order valence-corrected chi connectivity index (χ3v) is 7.59. The number of hydrogen-bond acceptors (Lipinski definition) is 1. The van der Waals surface area contributed by atoms with Crippen molar-refractivity contribution in [2.45, 2.75) is 30.3 Å². The van der Waals surface area contributed by atoms with Gasteiger partial charge >= 0.3 is 0 Å². The average molecular weight is 413 g/mol. The summed E-state index contributed by atoms with van der Waals surface area (Å²) in [6.07, 6.45) is 7.15. The molecule has 1 heteroatoms. The van der Waals surface area contributed by atoms with Crippen molar-refractivity contribution in [3.05, 3.63) is 137 Å². The highest BCUT2D eigenvalue weighted by Gasteiger charge is 2.47. The lowest BCUT2D eigenvalue weighted by atomic mass is 9.67. The van der Waals surface area contributed by atoms with Gasteiger partial charge in [-0.2, -0.15) is 0 Å². The maximum atomic E-state index is 6.55. The van der Waals surface area contributed by atoms with Crippen LogP contribution in [0.3, 0.4) is 0 Å². The van der Waals surface area contributed by atoms with Crippen LogP contribution in [0.15, 0.2) is 109 Å². The molecule has 2 unspecified atom stereocenters. The summed E-state index contributed by atoms with van der Waals surface area (Å²) in [6.45, 7) is 0. The first-order valence-electron chi connectivity index (χ1n) is 11.6. The maximum absolute atomic E-state index is 6.55. The molecule has 3 aliphatic rings. The van der Waals surface area contributed by atoms with Gasteiger partial charge in [-0.1, -0.05) is 97.1 Å². The van der Waals surface area contributed by atoms with E-state index in [-0.39, 0.29) is 11.5 Å². The summed E-state index contributed by atoms with van der Waals surface area (Å²) in [6, 6.07) is 35.7. The third kappa shape index (κ3) is 2.29. The van der Waals surface area contributed by atoms with Crippen molar-refractivity contribution in [3.8, 4) is 16.9 Å². The van der Waals surface area contributed by atoms with Gasteiger partial charge in [-0.25, -0.2) is 0 Å². The Morgan fingerprint density at radius 2 is 1.38 bits per heavy atom. The molecule has 0 spiro atoms. The van der Waals surface area contributed by atoms with Crippen LogP contribution in [0.1, 0.15) is 46.6 Å². The molecule has 0 saturated carbocycles. The van der Waals surface area contributed by atoms with Gasteiger partial charge in [-0.3, -0.25) is 0 Å². The molecule has 0 radical (unpaired) electrons.